The van der Waals surface area contributed by atoms with E-state index in [2.05, 4.69) is 10.2 Å². The van der Waals surface area contributed by atoms with Gasteiger partial charge in [-0.05, 0) is 44.3 Å². The topological polar surface area (TPSA) is 64.2 Å². The molecule has 29 heavy (non-hydrogen) atoms. The molecule has 6 heteroatoms. The molecule has 0 saturated carbocycles. The molecular weight excluding hydrogens is 363 g/mol. The minimum Gasteiger partial charge on any atom is -0.399 e. The molecule has 0 amide bonds. The van der Waals surface area contributed by atoms with Crippen LogP contribution in [0.5, 0.6) is 0 Å². The zero-order chi connectivity index (χ0) is 20.6. The molecule has 1 aromatic heterocycles. The molecule has 1 aliphatic rings. The number of hydrogen-bond acceptors (Lipinski definition) is 4. The lowest BCUT2D eigenvalue weighted by atomic mass is 9.78. The molecule has 4 rings (SSSR count). The molecule has 1 saturated heterocycles. The number of hydrogen-bond donors (Lipinski definition) is 1. The van der Waals surface area contributed by atoms with Crippen molar-refractivity contribution in [3.05, 3.63) is 82.3 Å². The van der Waals surface area contributed by atoms with Gasteiger partial charge in [-0.3, -0.25) is 9.89 Å². The maximum atomic E-state index is 13.0. The van der Waals surface area contributed by atoms with Crippen LogP contribution in [0.15, 0.2) is 65.6 Å². The number of aromatic amines is 1. The summed E-state index contributed by atoms with van der Waals surface area (Å²) in [5, 5.41) is 7.11. The van der Waals surface area contributed by atoms with Gasteiger partial charge >= 0.3 is 7.12 Å². The SMILES string of the molecule is CC1(C)OB(c2cccc(Cc3n[nH]cc(-c4ccccc4)c3=O)c2)OC1(C)C. The highest BCUT2D eigenvalue weighted by Gasteiger charge is 2.51. The second-order valence-corrected chi connectivity index (χ2v) is 8.45. The number of benzene rings is 2. The lowest BCUT2D eigenvalue weighted by Gasteiger charge is -2.32. The molecule has 2 heterocycles. The summed E-state index contributed by atoms with van der Waals surface area (Å²) in [5.74, 6) is 0. The Morgan fingerprint density at radius 3 is 2.34 bits per heavy atom. The quantitative estimate of drug-likeness (QED) is 0.697. The largest absolute Gasteiger partial charge is 0.494 e. The van der Waals surface area contributed by atoms with Crippen molar-refractivity contribution in [1.29, 1.82) is 0 Å². The number of nitrogens with zero attached hydrogens (tertiary/aromatic N) is 1. The fraction of sp³-hybridized carbons (Fsp3) is 0.304. The van der Waals surface area contributed by atoms with Crippen molar-refractivity contribution in [2.24, 2.45) is 0 Å². The lowest BCUT2D eigenvalue weighted by Crippen LogP contribution is -2.41. The van der Waals surface area contributed by atoms with E-state index in [1.54, 1.807) is 6.20 Å². The molecule has 0 unspecified atom stereocenters. The Kier molecular flexibility index (Phi) is 4.93. The van der Waals surface area contributed by atoms with Crippen LogP contribution in [0, 0.1) is 0 Å². The monoisotopic (exact) mass is 388 g/mol. The molecule has 2 aromatic carbocycles. The first-order chi connectivity index (χ1) is 13.8. The summed E-state index contributed by atoms with van der Waals surface area (Å²) in [5.41, 5.74) is 3.07. The molecular formula is C23H25BN2O3. The minimum absolute atomic E-state index is 0.0593. The van der Waals surface area contributed by atoms with Gasteiger partial charge < -0.3 is 9.31 Å². The first-order valence-corrected chi connectivity index (χ1v) is 9.84. The highest BCUT2D eigenvalue weighted by atomic mass is 16.7. The van der Waals surface area contributed by atoms with Crippen LogP contribution < -0.4 is 10.9 Å². The third-order valence-corrected chi connectivity index (χ3v) is 5.85. The molecule has 1 aliphatic heterocycles. The van der Waals surface area contributed by atoms with E-state index in [0.717, 1.165) is 16.6 Å². The van der Waals surface area contributed by atoms with E-state index in [9.17, 15) is 4.79 Å². The number of H-pyrrole nitrogens is 1. The van der Waals surface area contributed by atoms with Crippen LogP contribution in [-0.2, 0) is 15.7 Å². The summed E-state index contributed by atoms with van der Waals surface area (Å²) >= 11 is 0. The van der Waals surface area contributed by atoms with Crippen LogP contribution in [0.4, 0.5) is 0 Å². The van der Waals surface area contributed by atoms with Crippen LogP contribution in [0.3, 0.4) is 0 Å². The summed E-state index contributed by atoms with van der Waals surface area (Å²) < 4.78 is 12.3. The number of rotatable bonds is 4. The van der Waals surface area contributed by atoms with Crippen molar-refractivity contribution in [2.45, 2.75) is 45.3 Å². The first-order valence-electron chi connectivity index (χ1n) is 9.84. The third-order valence-electron chi connectivity index (χ3n) is 5.85. The highest BCUT2D eigenvalue weighted by molar-refractivity contribution is 6.62. The van der Waals surface area contributed by atoms with Gasteiger partial charge in [0.2, 0.25) is 5.43 Å². The van der Waals surface area contributed by atoms with Crippen molar-refractivity contribution in [3.8, 4) is 11.1 Å². The van der Waals surface area contributed by atoms with Gasteiger partial charge in [0, 0.05) is 18.2 Å². The smallest absolute Gasteiger partial charge is 0.399 e. The summed E-state index contributed by atoms with van der Waals surface area (Å²) in [6.07, 6.45) is 2.09. The van der Waals surface area contributed by atoms with E-state index in [1.807, 2.05) is 82.3 Å². The Bertz CT molecular complexity index is 1060. The normalized spacial score (nSPS) is 17.4. The molecule has 5 nitrogen and oxygen atoms in total. The summed E-state index contributed by atoms with van der Waals surface area (Å²) in [6.45, 7) is 8.15. The van der Waals surface area contributed by atoms with Gasteiger partial charge in [-0.25, -0.2) is 0 Å². The molecule has 1 fully saturated rings. The average Bonchev–Trinajstić information content (AvgIpc) is 2.92. The van der Waals surface area contributed by atoms with Gasteiger partial charge in [-0.2, -0.15) is 5.10 Å². The van der Waals surface area contributed by atoms with Crippen LogP contribution >= 0.6 is 0 Å². The molecule has 0 bridgehead atoms. The van der Waals surface area contributed by atoms with Crippen molar-refractivity contribution < 1.29 is 9.31 Å². The second-order valence-electron chi connectivity index (χ2n) is 8.45. The third kappa shape index (κ3) is 3.78. The molecule has 0 spiro atoms. The Hall–Kier alpha value is -2.70. The van der Waals surface area contributed by atoms with Crippen LogP contribution in [0.1, 0.15) is 39.0 Å². The van der Waals surface area contributed by atoms with Gasteiger partial charge in [0.05, 0.1) is 11.2 Å². The molecule has 0 radical (unpaired) electrons. The Labute approximate surface area is 171 Å². The van der Waals surface area contributed by atoms with Crippen LogP contribution in [0.25, 0.3) is 11.1 Å². The summed E-state index contributed by atoms with van der Waals surface area (Å²) in [7, 11) is -0.429. The molecule has 1 N–H and O–H groups in total. The average molecular weight is 388 g/mol. The van der Waals surface area contributed by atoms with Gasteiger partial charge in [0.15, 0.2) is 0 Å². The highest BCUT2D eigenvalue weighted by Crippen LogP contribution is 2.36. The summed E-state index contributed by atoms with van der Waals surface area (Å²) in [6, 6.07) is 17.6. The summed E-state index contributed by atoms with van der Waals surface area (Å²) in [4.78, 5) is 13.0. The second kappa shape index (κ2) is 7.28. The van der Waals surface area contributed by atoms with E-state index in [1.165, 1.54) is 0 Å². The lowest BCUT2D eigenvalue weighted by molar-refractivity contribution is 0.00578. The zero-order valence-electron chi connectivity index (χ0n) is 17.2. The standard InChI is InChI=1S/C23H25BN2O3/c1-22(2)23(3,4)29-24(28-22)18-12-8-9-16(13-18)14-20-21(27)19(15-25-26-20)17-10-6-5-7-11-17/h5-13,15H,14H2,1-4H3,(H,25,27). The van der Waals surface area contributed by atoms with E-state index in [0.29, 0.717) is 17.7 Å². The van der Waals surface area contributed by atoms with Gasteiger partial charge in [0.1, 0.15) is 5.69 Å². The van der Waals surface area contributed by atoms with Crippen molar-refractivity contribution >= 4 is 12.6 Å². The molecule has 148 valence electrons. The number of aromatic nitrogens is 2. The maximum absolute atomic E-state index is 13.0. The molecule has 3 aromatic rings. The number of nitrogens with one attached hydrogen (secondary N) is 1. The fourth-order valence-electron chi connectivity index (χ4n) is 3.42. The molecule has 0 aliphatic carbocycles. The predicted molar refractivity (Wildman–Crippen MR) is 115 cm³/mol. The van der Waals surface area contributed by atoms with Crippen molar-refractivity contribution in [1.82, 2.24) is 10.2 Å². The maximum Gasteiger partial charge on any atom is 0.494 e. The van der Waals surface area contributed by atoms with Gasteiger partial charge in [-0.1, -0.05) is 54.6 Å². The van der Waals surface area contributed by atoms with Gasteiger partial charge in [0.25, 0.3) is 0 Å². The Balaban J connectivity index is 1.61. The fourth-order valence-corrected chi connectivity index (χ4v) is 3.42. The van der Waals surface area contributed by atoms with E-state index < -0.39 is 18.3 Å². The first kappa shape index (κ1) is 19.6. The van der Waals surface area contributed by atoms with Crippen LogP contribution in [-0.4, -0.2) is 28.5 Å². The predicted octanol–water partition coefficient (Wildman–Crippen LogP) is 3.33. The Morgan fingerprint density at radius 2 is 1.66 bits per heavy atom. The Morgan fingerprint density at radius 1 is 0.966 bits per heavy atom. The van der Waals surface area contributed by atoms with E-state index in [4.69, 9.17) is 9.31 Å². The van der Waals surface area contributed by atoms with Crippen molar-refractivity contribution in [3.63, 3.8) is 0 Å². The van der Waals surface area contributed by atoms with Crippen LogP contribution in [0.2, 0.25) is 0 Å². The zero-order valence-corrected chi connectivity index (χ0v) is 17.2. The van der Waals surface area contributed by atoms with Gasteiger partial charge in [-0.15, -0.1) is 0 Å². The van der Waals surface area contributed by atoms with E-state index >= 15 is 0 Å². The minimum atomic E-state index is -0.429. The molecule has 0 atom stereocenters. The van der Waals surface area contributed by atoms with Crippen molar-refractivity contribution in [2.75, 3.05) is 0 Å². The van der Waals surface area contributed by atoms with E-state index in [-0.39, 0.29) is 5.43 Å².